The Labute approximate surface area is 348 Å². The SMILES string of the molecule is CCCCC(C)(C/C=C/[C@@H]1C(CCCCCCC(=O)OC)=C(OP(=O)(Oc2ccccc2)Oc2ccccc2)C[C@H]1O[Si](C)(C)C(C)(C)C)O[Si](CC)(CC)CC. The molecule has 0 heterocycles. The van der Waals surface area contributed by atoms with E-state index in [9.17, 15) is 9.36 Å². The van der Waals surface area contributed by atoms with Gasteiger partial charge in [0.2, 0.25) is 0 Å². The summed E-state index contributed by atoms with van der Waals surface area (Å²) in [5, 5.41) is -0.0200. The van der Waals surface area contributed by atoms with E-state index in [-0.39, 0.29) is 28.6 Å². The minimum absolute atomic E-state index is 0.0200. The fourth-order valence-corrected chi connectivity index (χ4v) is 13.2. The summed E-state index contributed by atoms with van der Waals surface area (Å²) in [7, 11) is -6.95. The van der Waals surface area contributed by atoms with Crippen molar-refractivity contribution in [2.75, 3.05) is 7.11 Å². The van der Waals surface area contributed by atoms with Crippen LogP contribution in [0.1, 0.15) is 126 Å². The molecule has 1 aliphatic carbocycles. The maximum atomic E-state index is 14.9. The van der Waals surface area contributed by atoms with Crippen LogP contribution >= 0.6 is 7.82 Å². The van der Waals surface area contributed by atoms with Crippen LogP contribution in [0.5, 0.6) is 11.5 Å². The van der Waals surface area contributed by atoms with Gasteiger partial charge in [0.1, 0.15) is 17.3 Å². The number of hydrogen-bond donors (Lipinski definition) is 0. The molecule has 8 nitrogen and oxygen atoms in total. The number of phosphoric acid groups is 1. The Kier molecular flexibility index (Phi) is 19.4. The summed E-state index contributed by atoms with van der Waals surface area (Å²) < 4.78 is 53.2. The predicted molar refractivity (Wildman–Crippen MR) is 240 cm³/mol. The molecule has 0 amide bonds. The number of hydrogen-bond acceptors (Lipinski definition) is 8. The summed E-state index contributed by atoms with van der Waals surface area (Å²) in [6, 6.07) is 21.4. The van der Waals surface area contributed by atoms with Gasteiger partial charge in [-0.25, -0.2) is 0 Å². The third-order valence-corrected chi connectivity index (χ3v) is 22.7. The minimum Gasteiger partial charge on any atom is -0.469 e. The van der Waals surface area contributed by atoms with Gasteiger partial charge in [-0.15, -0.1) is 0 Å². The molecule has 2 aromatic rings. The van der Waals surface area contributed by atoms with Gasteiger partial charge in [0.05, 0.1) is 18.8 Å². The molecule has 0 aliphatic heterocycles. The van der Waals surface area contributed by atoms with E-state index >= 15 is 0 Å². The highest BCUT2D eigenvalue weighted by Crippen LogP contribution is 2.55. The van der Waals surface area contributed by atoms with E-state index in [1.807, 2.05) is 36.4 Å². The summed E-state index contributed by atoms with van der Waals surface area (Å²) in [4.78, 5) is 11.8. The molecule has 0 radical (unpaired) electrons. The topological polar surface area (TPSA) is 89.5 Å². The molecule has 0 saturated carbocycles. The Balaban J connectivity index is 2.11. The fourth-order valence-electron chi connectivity index (χ4n) is 7.31. The third kappa shape index (κ3) is 15.2. The standard InChI is InChI=1S/C46H75O8PSi2/c1-12-16-35-46(8,54-57(13-2,14-3)15-4)36-27-33-41-40(32-25-17-18-26-34-44(47)49-9)42(37-43(41)53-56(10,11)45(5,6)7)52-55(48,50-38-28-21-19-22-29-38)51-39-30-23-20-24-31-39/h19-24,27-31,33,41,43H,12-18,25-26,32,34-37H2,1-11H3/b33-27+/t41-,43-,46?/m1/s1. The summed E-state index contributed by atoms with van der Waals surface area (Å²) in [6.07, 6.45) is 13.5. The number of carbonyl (C=O) groups excluding carboxylic acids is 1. The molecule has 2 aromatic carbocycles. The van der Waals surface area contributed by atoms with Gasteiger partial charge in [-0.05, 0) is 105 Å². The lowest BCUT2D eigenvalue weighted by Crippen LogP contribution is -2.45. The Morgan fingerprint density at radius 1 is 0.807 bits per heavy atom. The van der Waals surface area contributed by atoms with Crippen molar-refractivity contribution < 1.29 is 36.5 Å². The van der Waals surface area contributed by atoms with E-state index in [1.54, 1.807) is 24.3 Å². The molecule has 0 bridgehead atoms. The molecule has 0 fully saturated rings. The van der Waals surface area contributed by atoms with Crippen molar-refractivity contribution in [3.05, 3.63) is 84.1 Å². The molecule has 1 aliphatic rings. The molecule has 3 rings (SSSR count). The normalized spacial score (nSPS) is 17.8. The van der Waals surface area contributed by atoms with Crippen LogP contribution in [0.2, 0.25) is 36.3 Å². The van der Waals surface area contributed by atoms with Gasteiger partial charge in [-0.1, -0.05) is 123 Å². The fraction of sp³-hybridized carbons (Fsp3) is 0.630. The van der Waals surface area contributed by atoms with E-state index < -0.39 is 24.5 Å². The Bertz CT molecular complexity index is 1550. The van der Waals surface area contributed by atoms with Crippen molar-refractivity contribution in [3.8, 4) is 11.5 Å². The van der Waals surface area contributed by atoms with E-state index in [0.717, 1.165) is 81.5 Å². The van der Waals surface area contributed by atoms with Crippen LogP contribution in [0, 0.1) is 5.92 Å². The smallest absolute Gasteiger partial charge is 0.469 e. The number of rotatable bonds is 26. The molecular formula is C46H75O8PSi2. The van der Waals surface area contributed by atoms with Crippen molar-refractivity contribution in [2.24, 2.45) is 5.92 Å². The lowest BCUT2D eigenvalue weighted by molar-refractivity contribution is -0.140. The second-order valence-electron chi connectivity index (χ2n) is 17.5. The van der Waals surface area contributed by atoms with Gasteiger partial charge in [0.25, 0.3) is 0 Å². The summed E-state index contributed by atoms with van der Waals surface area (Å²) in [5.41, 5.74) is 0.799. The van der Waals surface area contributed by atoms with Crippen LogP contribution in [0.15, 0.2) is 84.1 Å². The molecule has 320 valence electrons. The van der Waals surface area contributed by atoms with Crippen molar-refractivity contribution in [3.63, 3.8) is 0 Å². The van der Waals surface area contributed by atoms with Crippen molar-refractivity contribution in [1.29, 1.82) is 0 Å². The van der Waals surface area contributed by atoms with Crippen molar-refractivity contribution >= 4 is 30.4 Å². The number of ether oxygens (including phenoxy) is 1. The summed E-state index contributed by atoms with van der Waals surface area (Å²) >= 11 is 0. The molecule has 3 atom stereocenters. The van der Waals surface area contributed by atoms with E-state index in [0.29, 0.717) is 30.1 Å². The zero-order chi connectivity index (χ0) is 42.2. The number of para-hydroxylation sites is 2. The van der Waals surface area contributed by atoms with Crippen LogP contribution in [-0.2, 0) is 27.5 Å². The lowest BCUT2D eigenvalue weighted by Gasteiger charge is -2.41. The first-order valence-corrected chi connectivity index (χ1v) is 28.5. The number of methoxy groups -OCH3 is 1. The molecule has 1 unspecified atom stereocenters. The molecule has 11 heteroatoms. The van der Waals surface area contributed by atoms with Gasteiger partial charge in [-0.3, -0.25) is 4.79 Å². The first kappa shape index (κ1) is 48.7. The van der Waals surface area contributed by atoms with Crippen LogP contribution in [0.4, 0.5) is 0 Å². The van der Waals surface area contributed by atoms with Crippen LogP contribution in [-0.4, -0.2) is 41.4 Å². The lowest BCUT2D eigenvalue weighted by atomic mass is 9.91. The van der Waals surface area contributed by atoms with E-state index in [4.69, 9.17) is 27.2 Å². The molecular weight excluding hydrogens is 768 g/mol. The number of esters is 1. The highest BCUT2D eigenvalue weighted by Gasteiger charge is 2.46. The van der Waals surface area contributed by atoms with Gasteiger partial charge >= 0.3 is 13.8 Å². The molecule has 0 N–H and O–H groups in total. The predicted octanol–water partition coefficient (Wildman–Crippen LogP) is 14.4. The zero-order valence-corrected chi connectivity index (χ0v) is 40.1. The molecule has 0 saturated heterocycles. The number of carbonyl (C=O) groups is 1. The highest BCUT2D eigenvalue weighted by molar-refractivity contribution is 7.49. The van der Waals surface area contributed by atoms with Gasteiger partial charge in [-0.2, -0.15) is 4.57 Å². The van der Waals surface area contributed by atoms with Gasteiger partial charge in [0, 0.05) is 18.8 Å². The number of phosphoric ester groups is 1. The molecule has 57 heavy (non-hydrogen) atoms. The molecule has 0 spiro atoms. The maximum absolute atomic E-state index is 14.9. The second-order valence-corrected chi connectivity index (χ2v) is 28.4. The van der Waals surface area contributed by atoms with E-state index in [1.165, 1.54) is 7.11 Å². The first-order valence-electron chi connectivity index (χ1n) is 21.6. The first-order chi connectivity index (χ1) is 27.0. The minimum atomic E-state index is -4.24. The summed E-state index contributed by atoms with van der Waals surface area (Å²) in [6.45, 7) is 22.8. The van der Waals surface area contributed by atoms with Crippen LogP contribution in [0.25, 0.3) is 0 Å². The van der Waals surface area contributed by atoms with Gasteiger partial charge < -0.3 is 27.2 Å². The second kappa shape index (κ2) is 22.7. The average Bonchev–Trinajstić information content (AvgIpc) is 3.47. The van der Waals surface area contributed by atoms with Crippen LogP contribution < -0.4 is 9.05 Å². The largest absolute Gasteiger partial charge is 0.646 e. The third-order valence-electron chi connectivity index (χ3n) is 12.1. The zero-order valence-electron chi connectivity index (χ0n) is 37.2. The van der Waals surface area contributed by atoms with E-state index in [2.05, 4.69) is 80.6 Å². The Morgan fingerprint density at radius 3 is 1.88 bits per heavy atom. The van der Waals surface area contributed by atoms with Gasteiger partial charge in [0.15, 0.2) is 16.6 Å². The highest BCUT2D eigenvalue weighted by atomic mass is 31.2. The summed E-state index contributed by atoms with van der Waals surface area (Å²) in [5.74, 6) is 1.11. The maximum Gasteiger partial charge on any atom is 0.646 e. The van der Waals surface area contributed by atoms with Crippen LogP contribution in [0.3, 0.4) is 0 Å². The Hall–Kier alpha value is -2.63. The van der Waals surface area contributed by atoms with Crippen molar-refractivity contribution in [1.82, 2.24) is 0 Å². The molecule has 0 aromatic heterocycles. The monoisotopic (exact) mass is 842 g/mol. The average molecular weight is 843 g/mol. The van der Waals surface area contributed by atoms with Crippen molar-refractivity contribution in [2.45, 2.75) is 174 Å². The Morgan fingerprint density at radius 2 is 1.37 bits per heavy atom. The number of unbranched alkanes of at least 4 members (excludes halogenated alkanes) is 4. The number of benzene rings is 2. The quantitative estimate of drug-likeness (QED) is 0.0304.